The lowest BCUT2D eigenvalue weighted by Crippen LogP contribution is -2.34. The summed E-state index contributed by atoms with van der Waals surface area (Å²) in [5.41, 5.74) is 1.15. The molecule has 1 fully saturated rings. The fourth-order valence-corrected chi connectivity index (χ4v) is 3.73. The predicted molar refractivity (Wildman–Crippen MR) is 110 cm³/mol. The normalized spacial score (nSPS) is 21.0. The van der Waals surface area contributed by atoms with E-state index in [0.29, 0.717) is 18.6 Å². The minimum atomic E-state index is -1.06. The lowest BCUT2D eigenvalue weighted by atomic mass is 9.73. The lowest BCUT2D eigenvalue weighted by Gasteiger charge is -2.31. The van der Waals surface area contributed by atoms with E-state index in [0.717, 1.165) is 16.3 Å². The van der Waals surface area contributed by atoms with E-state index < -0.39 is 12.0 Å². The number of aliphatic imine (C=N–C) groups is 1. The Balaban J connectivity index is 2.06. The number of benzene rings is 2. The molecule has 2 N–H and O–H groups in total. The third kappa shape index (κ3) is 4.14. The number of fused-ring (bicyclic) bond motifs is 1. The zero-order valence-electron chi connectivity index (χ0n) is 16.4. The maximum absolute atomic E-state index is 12.8. The van der Waals surface area contributed by atoms with Gasteiger partial charge in [-0.2, -0.15) is 0 Å². The second-order valence-electron chi connectivity index (χ2n) is 8.17. The minimum absolute atomic E-state index is 0.0480. The summed E-state index contributed by atoms with van der Waals surface area (Å²) in [6, 6.07) is 12.7. The van der Waals surface area contributed by atoms with Crippen LogP contribution in [-0.2, 0) is 16.0 Å². The summed E-state index contributed by atoms with van der Waals surface area (Å²) in [5.74, 6) is -1.30. The quantitative estimate of drug-likeness (QED) is 0.605. The third-order valence-corrected chi connectivity index (χ3v) is 5.09. The van der Waals surface area contributed by atoms with Gasteiger partial charge >= 0.3 is 5.97 Å². The fourth-order valence-electron chi connectivity index (χ4n) is 3.73. The minimum Gasteiger partial charge on any atom is -0.511 e. The van der Waals surface area contributed by atoms with Gasteiger partial charge in [-0.3, -0.25) is 9.79 Å². The highest BCUT2D eigenvalue weighted by Crippen LogP contribution is 2.36. The molecule has 5 nitrogen and oxygen atoms in total. The van der Waals surface area contributed by atoms with Crippen molar-refractivity contribution in [3.8, 4) is 0 Å². The van der Waals surface area contributed by atoms with E-state index in [1.54, 1.807) is 0 Å². The number of aliphatic carboxylic acids is 1. The van der Waals surface area contributed by atoms with Gasteiger partial charge < -0.3 is 10.2 Å². The van der Waals surface area contributed by atoms with E-state index in [1.807, 2.05) is 56.3 Å². The van der Waals surface area contributed by atoms with Gasteiger partial charge in [-0.05, 0) is 35.1 Å². The van der Waals surface area contributed by atoms with Gasteiger partial charge in [-0.15, -0.1) is 0 Å². The molecule has 28 heavy (non-hydrogen) atoms. The Kier molecular flexibility index (Phi) is 5.36. The van der Waals surface area contributed by atoms with Crippen LogP contribution in [0, 0.1) is 5.41 Å². The molecule has 0 aromatic heterocycles. The van der Waals surface area contributed by atoms with Gasteiger partial charge in [0.2, 0.25) is 0 Å². The Bertz CT molecular complexity index is 995. The number of carboxylic acids is 1. The van der Waals surface area contributed by atoms with Gasteiger partial charge in [0.15, 0.2) is 5.78 Å². The van der Waals surface area contributed by atoms with Crippen LogP contribution in [0.1, 0.15) is 39.2 Å². The summed E-state index contributed by atoms with van der Waals surface area (Å²) in [7, 11) is 0. The number of ketones is 1. The van der Waals surface area contributed by atoms with Crippen molar-refractivity contribution >= 4 is 28.2 Å². The largest absolute Gasteiger partial charge is 0.511 e. The van der Waals surface area contributed by atoms with Gasteiger partial charge in [0.05, 0.1) is 11.3 Å². The Labute approximate surface area is 164 Å². The first kappa shape index (κ1) is 19.8. The number of nitrogens with zero attached hydrogens (tertiary/aromatic N) is 1. The molecule has 2 aromatic rings. The Hall–Kier alpha value is -2.95. The fraction of sp³-hybridized carbons (Fsp3) is 0.348. The SMILES string of the molecule is CC(N=C1CC(C)(C)CC(=O)C1=C(O)Cc1cccc2ccccc12)C(=O)O. The van der Waals surface area contributed by atoms with E-state index in [2.05, 4.69) is 4.99 Å². The highest BCUT2D eigenvalue weighted by molar-refractivity contribution is 6.25. The number of Topliss-reactive ketones (excluding diaryl/α,β-unsaturated/α-hetero) is 1. The lowest BCUT2D eigenvalue weighted by molar-refractivity contribution is -0.138. The molecule has 0 radical (unpaired) electrons. The average Bonchev–Trinajstić information content (AvgIpc) is 2.60. The molecule has 1 atom stereocenters. The van der Waals surface area contributed by atoms with Crippen molar-refractivity contribution in [2.45, 2.75) is 46.1 Å². The smallest absolute Gasteiger partial charge is 0.328 e. The molecule has 1 aliphatic carbocycles. The number of rotatable bonds is 4. The zero-order valence-corrected chi connectivity index (χ0v) is 16.4. The second-order valence-corrected chi connectivity index (χ2v) is 8.17. The van der Waals surface area contributed by atoms with Gasteiger partial charge in [0.1, 0.15) is 11.8 Å². The number of hydrogen-bond donors (Lipinski definition) is 2. The molecule has 2 aromatic carbocycles. The number of carbonyl (C=O) groups excluding carboxylic acids is 1. The van der Waals surface area contributed by atoms with Crippen LogP contribution in [0.4, 0.5) is 0 Å². The van der Waals surface area contributed by atoms with E-state index in [-0.39, 0.29) is 29.0 Å². The number of allylic oxidation sites excluding steroid dienone is 2. The Morgan fingerprint density at radius 3 is 2.50 bits per heavy atom. The van der Waals surface area contributed by atoms with Gasteiger partial charge in [0, 0.05) is 12.8 Å². The van der Waals surface area contributed by atoms with E-state index >= 15 is 0 Å². The highest BCUT2D eigenvalue weighted by atomic mass is 16.4. The van der Waals surface area contributed by atoms with Crippen molar-refractivity contribution in [3.05, 3.63) is 59.4 Å². The zero-order chi connectivity index (χ0) is 20.5. The summed E-state index contributed by atoms with van der Waals surface area (Å²) in [4.78, 5) is 28.3. The molecule has 1 saturated carbocycles. The average molecular weight is 379 g/mol. The molecule has 0 aliphatic heterocycles. The molecule has 0 amide bonds. The maximum atomic E-state index is 12.8. The molecule has 0 spiro atoms. The molecule has 0 saturated heterocycles. The van der Waals surface area contributed by atoms with E-state index in [4.69, 9.17) is 0 Å². The topological polar surface area (TPSA) is 87.0 Å². The number of hydrogen-bond acceptors (Lipinski definition) is 4. The molecule has 0 heterocycles. The molecular formula is C23H25NO4. The van der Waals surface area contributed by atoms with Crippen LogP contribution < -0.4 is 0 Å². The van der Waals surface area contributed by atoms with Crippen LogP contribution in [0.15, 0.2) is 58.8 Å². The van der Waals surface area contributed by atoms with E-state index in [9.17, 15) is 19.8 Å². The highest BCUT2D eigenvalue weighted by Gasteiger charge is 2.36. The molecule has 5 heteroatoms. The monoisotopic (exact) mass is 379 g/mol. The van der Waals surface area contributed by atoms with Crippen molar-refractivity contribution in [2.75, 3.05) is 0 Å². The number of carbonyl (C=O) groups is 2. The van der Waals surface area contributed by atoms with Crippen molar-refractivity contribution in [1.29, 1.82) is 0 Å². The molecule has 1 aliphatic rings. The van der Waals surface area contributed by atoms with Crippen LogP contribution in [0.25, 0.3) is 10.8 Å². The van der Waals surface area contributed by atoms with Crippen LogP contribution in [0.5, 0.6) is 0 Å². The third-order valence-electron chi connectivity index (χ3n) is 5.09. The summed E-state index contributed by atoms with van der Waals surface area (Å²) >= 11 is 0. The molecule has 3 rings (SSSR count). The van der Waals surface area contributed by atoms with Crippen molar-refractivity contribution < 1.29 is 19.8 Å². The first-order chi connectivity index (χ1) is 13.2. The summed E-state index contributed by atoms with van der Waals surface area (Å²) in [6.45, 7) is 5.37. The number of aliphatic hydroxyl groups excluding tert-OH is 1. The van der Waals surface area contributed by atoms with Crippen LogP contribution in [0.2, 0.25) is 0 Å². The molecular weight excluding hydrogens is 354 g/mol. The summed E-state index contributed by atoms with van der Waals surface area (Å²) in [5, 5.41) is 22.2. The first-order valence-electron chi connectivity index (χ1n) is 9.40. The number of aliphatic hydroxyl groups is 1. The number of carboxylic acid groups (broad SMARTS) is 1. The summed E-state index contributed by atoms with van der Waals surface area (Å²) in [6.07, 6.45) is 0.941. The van der Waals surface area contributed by atoms with E-state index in [1.165, 1.54) is 6.92 Å². The summed E-state index contributed by atoms with van der Waals surface area (Å²) < 4.78 is 0. The van der Waals surface area contributed by atoms with Gasteiger partial charge in [0.25, 0.3) is 0 Å². The Morgan fingerprint density at radius 2 is 1.79 bits per heavy atom. The van der Waals surface area contributed by atoms with Gasteiger partial charge in [-0.1, -0.05) is 56.3 Å². The van der Waals surface area contributed by atoms with Crippen LogP contribution in [-0.4, -0.2) is 33.7 Å². The molecule has 146 valence electrons. The first-order valence-corrected chi connectivity index (χ1v) is 9.40. The van der Waals surface area contributed by atoms with Crippen molar-refractivity contribution in [1.82, 2.24) is 0 Å². The molecule has 1 unspecified atom stereocenters. The Morgan fingerprint density at radius 1 is 1.11 bits per heavy atom. The van der Waals surface area contributed by atoms with Crippen LogP contribution >= 0.6 is 0 Å². The second kappa shape index (κ2) is 7.58. The van der Waals surface area contributed by atoms with Gasteiger partial charge in [-0.25, -0.2) is 4.79 Å². The van der Waals surface area contributed by atoms with Crippen LogP contribution in [0.3, 0.4) is 0 Å². The maximum Gasteiger partial charge on any atom is 0.328 e. The van der Waals surface area contributed by atoms with Crippen molar-refractivity contribution in [2.24, 2.45) is 10.4 Å². The standard InChI is InChI=1S/C23H25NO4/c1-14(22(27)28)24-18-12-23(2,3)13-20(26)21(18)19(25)11-16-9-6-8-15-7-4-5-10-17(15)16/h4-10,14,25H,11-13H2,1-3H3,(H,27,28). The van der Waals surface area contributed by atoms with Crippen molar-refractivity contribution in [3.63, 3.8) is 0 Å². The molecule has 0 bridgehead atoms. The predicted octanol–water partition coefficient (Wildman–Crippen LogP) is 4.50.